The van der Waals surface area contributed by atoms with Crippen molar-refractivity contribution in [1.29, 1.82) is 0 Å². The number of ketones is 1. The van der Waals surface area contributed by atoms with Crippen LogP contribution >= 0.6 is 15.9 Å². The Balaban J connectivity index is 2.31. The van der Waals surface area contributed by atoms with Crippen LogP contribution in [-0.2, 0) is 13.0 Å². The van der Waals surface area contributed by atoms with Crippen LogP contribution in [0.5, 0.6) is 0 Å². The Morgan fingerprint density at radius 2 is 2.21 bits per heavy atom. The van der Waals surface area contributed by atoms with Gasteiger partial charge in [0.25, 0.3) is 0 Å². The summed E-state index contributed by atoms with van der Waals surface area (Å²) in [4.78, 5) is 12.2. The summed E-state index contributed by atoms with van der Waals surface area (Å²) in [6, 6.07) is 6.38. The summed E-state index contributed by atoms with van der Waals surface area (Å²) < 4.78 is 16.0. The fourth-order valence-electron chi connectivity index (χ4n) is 2.03. The van der Waals surface area contributed by atoms with Crippen LogP contribution in [0.1, 0.15) is 28.7 Å². The Morgan fingerprint density at radius 1 is 1.47 bits per heavy atom. The maximum absolute atomic E-state index is 13.7. The highest BCUT2D eigenvalue weighted by molar-refractivity contribution is 9.10. The molecule has 0 saturated heterocycles. The van der Waals surface area contributed by atoms with Gasteiger partial charge in [-0.15, -0.1) is 0 Å². The van der Waals surface area contributed by atoms with Crippen LogP contribution in [0.2, 0.25) is 0 Å². The summed E-state index contributed by atoms with van der Waals surface area (Å²) in [5, 5.41) is 4.28. The molecular weight excluding hydrogens is 311 g/mol. The number of aromatic nitrogens is 2. The molecule has 0 bridgehead atoms. The van der Waals surface area contributed by atoms with E-state index in [9.17, 15) is 9.18 Å². The molecule has 0 unspecified atom stereocenters. The predicted molar refractivity (Wildman–Crippen MR) is 74.8 cm³/mol. The van der Waals surface area contributed by atoms with Crippen molar-refractivity contribution in [3.05, 3.63) is 51.5 Å². The van der Waals surface area contributed by atoms with Gasteiger partial charge in [0.05, 0.1) is 17.7 Å². The summed E-state index contributed by atoms with van der Waals surface area (Å²) >= 11 is 3.22. The van der Waals surface area contributed by atoms with Gasteiger partial charge >= 0.3 is 0 Å². The molecule has 100 valence electrons. The lowest BCUT2D eigenvalue weighted by Crippen LogP contribution is -2.11. The molecule has 2 aromatic rings. The Labute approximate surface area is 119 Å². The number of Topliss-reactive ketones (excluding diaryl/α,β-unsaturated/α-hetero) is 1. The van der Waals surface area contributed by atoms with Gasteiger partial charge < -0.3 is 0 Å². The normalized spacial score (nSPS) is 10.7. The third kappa shape index (κ3) is 2.92. The monoisotopic (exact) mass is 324 g/mol. The van der Waals surface area contributed by atoms with E-state index in [0.29, 0.717) is 11.0 Å². The summed E-state index contributed by atoms with van der Waals surface area (Å²) in [6.45, 7) is 4.52. The first-order valence-corrected chi connectivity index (χ1v) is 6.82. The van der Waals surface area contributed by atoms with Crippen molar-refractivity contribution < 1.29 is 9.18 Å². The first kappa shape index (κ1) is 13.9. The number of hydrogen-bond donors (Lipinski definition) is 0. The van der Waals surface area contributed by atoms with Gasteiger partial charge in [0.2, 0.25) is 0 Å². The third-order valence-corrected chi connectivity index (χ3v) is 3.53. The molecule has 19 heavy (non-hydrogen) atoms. The van der Waals surface area contributed by atoms with E-state index in [2.05, 4.69) is 21.0 Å². The van der Waals surface area contributed by atoms with Crippen LogP contribution in [0.3, 0.4) is 0 Å². The van der Waals surface area contributed by atoms with Crippen LogP contribution in [-0.4, -0.2) is 15.6 Å². The van der Waals surface area contributed by atoms with E-state index < -0.39 is 5.82 Å². The van der Waals surface area contributed by atoms with E-state index in [1.807, 2.05) is 19.9 Å². The van der Waals surface area contributed by atoms with Crippen molar-refractivity contribution in [1.82, 2.24) is 9.78 Å². The van der Waals surface area contributed by atoms with Gasteiger partial charge in [-0.25, -0.2) is 4.39 Å². The average molecular weight is 325 g/mol. The summed E-state index contributed by atoms with van der Waals surface area (Å²) in [7, 11) is 0. The number of rotatable bonds is 4. The highest BCUT2D eigenvalue weighted by Crippen LogP contribution is 2.21. The Hall–Kier alpha value is -1.49. The number of nitrogens with zero attached hydrogens (tertiary/aromatic N) is 2. The maximum atomic E-state index is 13.7. The van der Waals surface area contributed by atoms with E-state index in [-0.39, 0.29) is 17.8 Å². The van der Waals surface area contributed by atoms with Gasteiger partial charge in [0.15, 0.2) is 5.78 Å². The second-order valence-electron chi connectivity index (χ2n) is 4.29. The highest BCUT2D eigenvalue weighted by atomic mass is 79.9. The van der Waals surface area contributed by atoms with Crippen LogP contribution in [0, 0.1) is 12.7 Å². The molecule has 0 radical (unpaired) electrons. The van der Waals surface area contributed by atoms with Crippen LogP contribution < -0.4 is 0 Å². The van der Waals surface area contributed by atoms with Crippen LogP contribution in [0.25, 0.3) is 0 Å². The van der Waals surface area contributed by atoms with E-state index >= 15 is 0 Å². The first-order chi connectivity index (χ1) is 9.02. The lowest BCUT2D eigenvalue weighted by atomic mass is 10.1. The van der Waals surface area contributed by atoms with Crippen LogP contribution in [0.15, 0.2) is 28.7 Å². The second-order valence-corrected chi connectivity index (χ2v) is 5.14. The predicted octanol–water partition coefficient (Wildman–Crippen LogP) is 3.54. The number of benzene rings is 1. The highest BCUT2D eigenvalue weighted by Gasteiger charge is 2.17. The van der Waals surface area contributed by atoms with Gasteiger partial charge in [-0.3, -0.25) is 9.48 Å². The van der Waals surface area contributed by atoms with Crippen molar-refractivity contribution in [2.75, 3.05) is 0 Å². The number of carbonyl (C=O) groups excluding carboxylic acids is 1. The topological polar surface area (TPSA) is 34.9 Å². The zero-order chi connectivity index (χ0) is 14.0. The molecule has 0 saturated carbocycles. The molecule has 0 aliphatic rings. The SMILES string of the molecule is CCn1nc(C)cc1CC(=O)c1c(F)cccc1Br. The van der Waals surface area contributed by atoms with Crippen LogP contribution in [0.4, 0.5) is 4.39 Å². The molecule has 0 atom stereocenters. The Bertz CT molecular complexity index is 602. The Morgan fingerprint density at radius 3 is 2.84 bits per heavy atom. The van der Waals surface area contributed by atoms with E-state index in [0.717, 1.165) is 11.4 Å². The van der Waals surface area contributed by atoms with Crippen molar-refractivity contribution in [2.45, 2.75) is 26.8 Å². The van der Waals surface area contributed by atoms with Gasteiger partial charge in [-0.2, -0.15) is 5.10 Å². The minimum absolute atomic E-state index is 0.101. The maximum Gasteiger partial charge on any atom is 0.172 e. The van der Waals surface area contributed by atoms with Crippen molar-refractivity contribution >= 4 is 21.7 Å². The quantitative estimate of drug-likeness (QED) is 0.806. The number of aryl methyl sites for hydroxylation is 2. The lowest BCUT2D eigenvalue weighted by molar-refractivity contribution is 0.0986. The molecule has 3 nitrogen and oxygen atoms in total. The van der Waals surface area contributed by atoms with E-state index in [1.165, 1.54) is 6.07 Å². The third-order valence-electron chi connectivity index (χ3n) is 2.87. The zero-order valence-electron chi connectivity index (χ0n) is 10.8. The van der Waals surface area contributed by atoms with Gasteiger partial charge in [0.1, 0.15) is 5.82 Å². The fraction of sp³-hybridized carbons (Fsp3) is 0.286. The molecule has 1 aromatic heterocycles. The van der Waals surface area contributed by atoms with Crippen molar-refractivity contribution in [3.8, 4) is 0 Å². The molecule has 1 aromatic carbocycles. The summed E-state index contributed by atoms with van der Waals surface area (Å²) in [5.74, 6) is -0.752. The molecule has 0 aliphatic heterocycles. The van der Waals surface area contributed by atoms with E-state index in [1.54, 1.807) is 16.8 Å². The molecule has 0 amide bonds. The largest absolute Gasteiger partial charge is 0.294 e. The van der Waals surface area contributed by atoms with Gasteiger partial charge in [-0.05, 0) is 48.0 Å². The average Bonchev–Trinajstić information content (AvgIpc) is 2.69. The smallest absolute Gasteiger partial charge is 0.172 e. The molecule has 0 N–H and O–H groups in total. The minimum Gasteiger partial charge on any atom is -0.294 e. The van der Waals surface area contributed by atoms with Crippen molar-refractivity contribution in [2.24, 2.45) is 0 Å². The van der Waals surface area contributed by atoms with Crippen molar-refractivity contribution in [3.63, 3.8) is 0 Å². The van der Waals surface area contributed by atoms with E-state index in [4.69, 9.17) is 0 Å². The van der Waals surface area contributed by atoms with Gasteiger partial charge in [0, 0.05) is 16.7 Å². The summed E-state index contributed by atoms with van der Waals surface area (Å²) in [6.07, 6.45) is 0.147. The second kappa shape index (κ2) is 5.65. The number of carbonyl (C=O) groups is 1. The molecule has 1 heterocycles. The minimum atomic E-state index is -0.501. The molecule has 0 spiro atoms. The molecule has 0 fully saturated rings. The molecular formula is C14H14BrFN2O. The standard InChI is InChI=1S/C14H14BrFN2O/c1-3-18-10(7-9(2)17-18)8-13(19)14-11(15)5-4-6-12(14)16/h4-7H,3,8H2,1-2H3. The Kier molecular flexibility index (Phi) is 4.14. The molecule has 5 heteroatoms. The number of hydrogen-bond acceptors (Lipinski definition) is 2. The zero-order valence-corrected chi connectivity index (χ0v) is 12.4. The lowest BCUT2D eigenvalue weighted by Gasteiger charge is -2.06. The molecule has 2 rings (SSSR count). The number of halogens is 2. The van der Waals surface area contributed by atoms with Gasteiger partial charge in [-0.1, -0.05) is 6.07 Å². The fourth-order valence-corrected chi connectivity index (χ4v) is 2.60. The summed E-state index contributed by atoms with van der Waals surface area (Å²) in [5.41, 5.74) is 1.77. The first-order valence-electron chi connectivity index (χ1n) is 6.03. The molecule has 0 aliphatic carbocycles.